The molecule has 0 fully saturated rings. The van der Waals surface area contributed by atoms with E-state index < -0.39 is 18.7 Å². The van der Waals surface area contributed by atoms with Gasteiger partial charge in [0.25, 0.3) is 0 Å². The van der Waals surface area contributed by atoms with Gasteiger partial charge in [0.05, 0.1) is 6.42 Å². The second kappa shape index (κ2) is 8.63. The molecule has 19 heavy (non-hydrogen) atoms. The maximum Gasteiger partial charge on any atom is 0.333 e. The van der Waals surface area contributed by atoms with Crippen molar-refractivity contribution in [1.82, 2.24) is 0 Å². The van der Waals surface area contributed by atoms with Crippen LogP contribution in [0.5, 0.6) is 0 Å². The summed E-state index contributed by atoms with van der Waals surface area (Å²) in [6.45, 7) is -0.463. The Labute approximate surface area is 110 Å². The average Bonchev–Trinajstić information content (AvgIpc) is 2.44. The predicted molar refractivity (Wildman–Crippen MR) is 67.5 cm³/mol. The highest BCUT2D eigenvalue weighted by Crippen LogP contribution is 2.01. The number of ether oxygens (including phenoxy) is 2. The molecule has 0 amide bonds. The van der Waals surface area contributed by atoms with Gasteiger partial charge in [-0.2, -0.15) is 0 Å². The molecule has 0 heterocycles. The fourth-order valence-electron chi connectivity index (χ4n) is 1.16. The van der Waals surface area contributed by atoms with Crippen LogP contribution < -0.4 is 0 Å². The molecule has 0 N–H and O–H groups in total. The van der Waals surface area contributed by atoms with Crippen molar-refractivity contribution in [2.24, 2.45) is 0 Å². The Morgan fingerprint density at radius 1 is 1.16 bits per heavy atom. The predicted octanol–water partition coefficient (Wildman–Crippen LogP) is 1.63. The second-order valence-electron chi connectivity index (χ2n) is 3.49. The van der Waals surface area contributed by atoms with E-state index in [1.165, 1.54) is 6.08 Å². The fraction of sp³-hybridized carbons (Fsp3) is 0.214. The third-order valence-electron chi connectivity index (χ3n) is 2.06. The molecule has 5 nitrogen and oxygen atoms in total. The number of hydrogen-bond donors (Lipinski definition) is 0. The average molecular weight is 261 g/mol. The third-order valence-corrected chi connectivity index (χ3v) is 2.06. The van der Waals surface area contributed by atoms with Crippen LogP contribution in [0.4, 0.5) is 0 Å². The van der Waals surface area contributed by atoms with Crippen LogP contribution in [0.1, 0.15) is 18.4 Å². The first-order chi connectivity index (χ1) is 9.22. The summed E-state index contributed by atoms with van der Waals surface area (Å²) >= 11 is 0. The maximum atomic E-state index is 11.2. The van der Waals surface area contributed by atoms with Crippen LogP contribution in [0.15, 0.2) is 36.4 Å². The summed E-state index contributed by atoms with van der Waals surface area (Å²) in [7, 11) is 0. The molecule has 0 bridgehead atoms. The SMILES string of the molecule is O=[C]CCC(=O)OCOC(=O)/C=C/c1ccccc1. The van der Waals surface area contributed by atoms with Gasteiger partial charge in [-0.25, -0.2) is 4.79 Å². The quantitative estimate of drug-likeness (QED) is 0.424. The Morgan fingerprint density at radius 3 is 2.58 bits per heavy atom. The second-order valence-corrected chi connectivity index (χ2v) is 3.49. The van der Waals surface area contributed by atoms with Crippen molar-refractivity contribution >= 4 is 24.3 Å². The van der Waals surface area contributed by atoms with Crippen LogP contribution in [0.3, 0.4) is 0 Å². The van der Waals surface area contributed by atoms with Crippen LogP contribution in [0, 0.1) is 0 Å². The summed E-state index contributed by atoms with van der Waals surface area (Å²) in [5.41, 5.74) is 0.859. The number of rotatable bonds is 7. The zero-order chi connectivity index (χ0) is 13.9. The van der Waals surface area contributed by atoms with Gasteiger partial charge < -0.3 is 9.47 Å². The Morgan fingerprint density at radius 2 is 1.89 bits per heavy atom. The Balaban J connectivity index is 2.23. The Hall–Kier alpha value is -2.43. The van der Waals surface area contributed by atoms with Crippen molar-refractivity contribution < 1.29 is 23.9 Å². The van der Waals surface area contributed by atoms with E-state index in [0.29, 0.717) is 0 Å². The van der Waals surface area contributed by atoms with Crippen molar-refractivity contribution in [3.05, 3.63) is 42.0 Å². The summed E-state index contributed by atoms with van der Waals surface area (Å²) < 4.78 is 9.22. The summed E-state index contributed by atoms with van der Waals surface area (Å²) in [5.74, 6) is -1.22. The van der Waals surface area contributed by atoms with E-state index in [9.17, 15) is 14.4 Å². The van der Waals surface area contributed by atoms with E-state index in [4.69, 9.17) is 0 Å². The van der Waals surface area contributed by atoms with Gasteiger partial charge in [0, 0.05) is 12.5 Å². The summed E-state index contributed by atoms with van der Waals surface area (Å²) in [6, 6.07) is 9.22. The van der Waals surface area contributed by atoms with Crippen molar-refractivity contribution in [2.75, 3.05) is 6.79 Å². The maximum absolute atomic E-state index is 11.2. The van der Waals surface area contributed by atoms with Crippen molar-refractivity contribution in [1.29, 1.82) is 0 Å². The van der Waals surface area contributed by atoms with E-state index in [1.807, 2.05) is 30.3 Å². The Kier molecular flexibility index (Phi) is 6.65. The summed E-state index contributed by atoms with van der Waals surface area (Å²) in [5, 5.41) is 0. The minimum atomic E-state index is -0.612. The molecule has 0 aromatic heterocycles. The van der Waals surface area contributed by atoms with Gasteiger partial charge in [-0.05, 0) is 11.6 Å². The lowest BCUT2D eigenvalue weighted by molar-refractivity contribution is -0.163. The van der Waals surface area contributed by atoms with Crippen molar-refractivity contribution in [3.63, 3.8) is 0 Å². The first-order valence-corrected chi connectivity index (χ1v) is 5.63. The molecule has 0 aliphatic carbocycles. The van der Waals surface area contributed by atoms with Gasteiger partial charge in [0.15, 0.2) is 6.29 Å². The van der Waals surface area contributed by atoms with Crippen LogP contribution in [0.2, 0.25) is 0 Å². The van der Waals surface area contributed by atoms with E-state index in [-0.39, 0.29) is 12.8 Å². The number of carbonyl (C=O) groups is 2. The molecule has 1 aromatic carbocycles. The normalized spacial score (nSPS) is 10.1. The van der Waals surface area contributed by atoms with Crippen LogP contribution >= 0.6 is 0 Å². The molecule has 0 saturated heterocycles. The van der Waals surface area contributed by atoms with Gasteiger partial charge in [-0.3, -0.25) is 9.59 Å². The minimum absolute atomic E-state index is 0.0271. The largest absolute Gasteiger partial charge is 0.428 e. The number of hydrogen-bond acceptors (Lipinski definition) is 5. The van der Waals surface area contributed by atoms with Gasteiger partial charge in [0.2, 0.25) is 6.79 Å². The standard InChI is InChI=1S/C14H13O5/c15-10-4-7-13(16)18-11-19-14(17)9-8-12-5-2-1-3-6-12/h1-3,5-6,8-9H,4,7,11H2/b9-8+. The molecule has 1 aromatic rings. The van der Waals surface area contributed by atoms with E-state index in [0.717, 1.165) is 5.56 Å². The molecule has 0 saturated carbocycles. The third kappa shape index (κ3) is 6.78. The molecule has 0 aliphatic heterocycles. The minimum Gasteiger partial charge on any atom is -0.428 e. The zero-order valence-electron chi connectivity index (χ0n) is 10.2. The van der Waals surface area contributed by atoms with Gasteiger partial charge in [-0.15, -0.1) is 0 Å². The fourth-order valence-corrected chi connectivity index (χ4v) is 1.16. The topological polar surface area (TPSA) is 69.7 Å². The zero-order valence-corrected chi connectivity index (χ0v) is 10.2. The highest BCUT2D eigenvalue weighted by molar-refractivity contribution is 5.87. The Bertz CT molecular complexity index is 450. The molecular weight excluding hydrogens is 248 g/mol. The first-order valence-electron chi connectivity index (χ1n) is 5.63. The lowest BCUT2D eigenvalue weighted by Crippen LogP contribution is -2.11. The summed E-state index contributed by atoms with van der Waals surface area (Å²) in [4.78, 5) is 32.1. The molecule has 1 radical (unpaired) electrons. The lowest BCUT2D eigenvalue weighted by atomic mass is 10.2. The van der Waals surface area contributed by atoms with Gasteiger partial charge >= 0.3 is 11.9 Å². The number of benzene rings is 1. The van der Waals surface area contributed by atoms with Crippen LogP contribution in [-0.2, 0) is 23.9 Å². The highest BCUT2D eigenvalue weighted by atomic mass is 16.7. The monoisotopic (exact) mass is 261 g/mol. The first kappa shape index (κ1) is 14.6. The highest BCUT2D eigenvalue weighted by Gasteiger charge is 2.03. The number of carbonyl (C=O) groups excluding carboxylic acids is 3. The van der Waals surface area contributed by atoms with E-state index in [2.05, 4.69) is 9.47 Å². The molecule has 99 valence electrons. The van der Waals surface area contributed by atoms with Crippen LogP contribution in [0.25, 0.3) is 6.08 Å². The molecule has 0 spiro atoms. The smallest absolute Gasteiger partial charge is 0.333 e. The van der Waals surface area contributed by atoms with E-state index >= 15 is 0 Å². The molecule has 5 heteroatoms. The van der Waals surface area contributed by atoms with Crippen molar-refractivity contribution in [3.8, 4) is 0 Å². The molecular formula is C14H13O5. The van der Waals surface area contributed by atoms with E-state index in [1.54, 1.807) is 12.4 Å². The molecule has 1 rings (SSSR count). The summed E-state index contributed by atoms with van der Waals surface area (Å²) in [6.07, 6.45) is 4.30. The van der Waals surface area contributed by atoms with Gasteiger partial charge in [-0.1, -0.05) is 30.3 Å². The lowest BCUT2D eigenvalue weighted by Gasteiger charge is -2.03. The van der Waals surface area contributed by atoms with Crippen molar-refractivity contribution in [2.45, 2.75) is 12.8 Å². The van der Waals surface area contributed by atoms with Crippen LogP contribution in [-0.4, -0.2) is 25.0 Å². The van der Waals surface area contributed by atoms with Gasteiger partial charge in [0.1, 0.15) is 0 Å². The molecule has 0 unspecified atom stereocenters. The molecule has 0 atom stereocenters. The number of esters is 2. The molecule has 0 aliphatic rings.